The Hall–Kier alpha value is -1.85. The molecule has 2 heterocycles. The van der Waals surface area contributed by atoms with Gasteiger partial charge in [0.05, 0.1) is 18.2 Å². The second kappa shape index (κ2) is 6.95. The van der Waals surface area contributed by atoms with Gasteiger partial charge < -0.3 is 19.5 Å². The van der Waals surface area contributed by atoms with Crippen molar-refractivity contribution < 1.29 is 19.4 Å². The SMILES string of the molecule is COC[C@]1(CCC(C)=C(C)C)OC(C)(C)N2c3ccc(C(=O)O)cc3CC21. The molecule has 5 nitrogen and oxygen atoms in total. The molecule has 1 unspecified atom stereocenters. The Balaban J connectivity index is 1.99. The van der Waals surface area contributed by atoms with Crippen LogP contribution in [0.1, 0.15) is 63.4 Å². The van der Waals surface area contributed by atoms with Crippen LogP contribution in [0.2, 0.25) is 0 Å². The summed E-state index contributed by atoms with van der Waals surface area (Å²) in [7, 11) is 1.72. The third kappa shape index (κ3) is 3.39. The highest BCUT2D eigenvalue weighted by Gasteiger charge is 2.59. The van der Waals surface area contributed by atoms with Crippen molar-refractivity contribution in [1.82, 2.24) is 0 Å². The summed E-state index contributed by atoms with van der Waals surface area (Å²) in [5.74, 6) is -0.886. The fraction of sp³-hybridized carbons (Fsp3) is 0.591. The summed E-state index contributed by atoms with van der Waals surface area (Å²) in [6, 6.07) is 5.55. The maximum absolute atomic E-state index is 11.4. The van der Waals surface area contributed by atoms with Gasteiger partial charge in [0, 0.05) is 12.8 Å². The van der Waals surface area contributed by atoms with Gasteiger partial charge in [0.2, 0.25) is 0 Å². The molecule has 1 N–H and O–H groups in total. The van der Waals surface area contributed by atoms with Crippen molar-refractivity contribution in [3.05, 3.63) is 40.5 Å². The highest BCUT2D eigenvalue weighted by molar-refractivity contribution is 5.89. The number of carboxylic acids is 1. The second-order valence-corrected chi connectivity index (χ2v) is 8.57. The van der Waals surface area contributed by atoms with Crippen molar-refractivity contribution in [1.29, 1.82) is 0 Å². The van der Waals surface area contributed by atoms with Gasteiger partial charge in [-0.25, -0.2) is 4.79 Å². The molecule has 3 rings (SSSR count). The van der Waals surface area contributed by atoms with Gasteiger partial charge in [-0.1, -0.05) is 11.1 Å². The average Bonchev–Trinajstić information content (AvgIpc) is 3.07. The molecule has 0 spiro atoms. The molecule has 27 heavy (non-hydrogen) atoms. The smallest absolute Gasteiger partial charge is 0.335 e. The second-order valence-electron chi connectivity index (χ2n) is 8.57. The molecule has 0 amide bonds. The molecule has 0 aromatic heterocycles. The predicted octanol–water partition coefficient (Wildman–Crippen LogP) is 4.40. The molecule has 1 aromatic rings. The monoisotopic (exact) mass is 373 g/mol. The zero-order valence-electron chi connectivity index (χ0n) is 17.3. The molecule has 1 fully saturated rings. The van der Waals surface area contributed by atoms with Crippen molar-refractivity contribution in [2.75, 3.05) is 18.6 Å². The number of hydrogen-bond acceptors (Lipinski definition) is 4. The molecule has 5 heteroatoms. The first-order valence-electron chi connectivity index (χ1n) is 9.59. The lowest BCUT2D eigenvalue weighted by Crippen LogP contribution is -2.48. The number of anilines is 1. The number of aromatic carboxylic acids is 1. The van der Waals surface area contributed by atoms with Crippen LogP contribution >= 0.6 is 0 Å². The van der Waals surface area contributed by atoms with Crippen LogP contribution in [0.25, 0.3) is 0 Å². The third-order valence-electron chi connectivity index (χ3n) is 6.12. The molecule has 1 aromatic carbocycles. The van der Waals surface area contributed by atoms with Crippen molar-refractivity contribution >= 4 is 11.7 Å². The highest BCUT2D eigenvalue weighted by Crippen LogP contribution is 2.51. The Morgan fingerprint density at radius 1 is 1.33 bits per heavy atom. The van der Waals surface area contributed by atoms with Crippen LogP contribution < -0.4 is 4.90 Å². The summed E-state index contributed by atoms with van der Waals surface area (Å²) in [5, 5.41) is 9.34. The average molecular weight is 373 g/mol. The van der Waals surface area contributed by atoms with Crippen LogP contribution in [0.3, 0.4) is 0 Å². The van der Waals surface area contributed by atoms with Gasteiger partial charge in [0.25, 0.3) is 0 Å². The van der Waals surface area contributed by atoms with Crippen molar-refractivity contribution in [3.8, 4) is 0 Å². The first-order valence-corrected chi connectivity index (χ1v) is 9.59. The number of ether oxygens (including phenoxy) is 2. The van der Waals surface area contributed by atoms with E-state index >= 15 is 0 Å². The van der Waals surface area contributed by atoms with Crippen molar-refractivity contribution in [2.45, 2.75) is 71.2 Å². The van der Waals surface area contributed by atoms with Gasteiger partial charge in [-0.2, -0.15) is 0 Å². The van der Waals surface area contributed by atoms with E-state index < -0.39 is 17.3 Å². The lowest BCUT2D eigenvalue weighted by Gasteiger charge is -2.33. The Labute approximate surface area is 162 Å². The van der Waals surface area contributed by atoms with E-state index in [2.05, 4.69) is 39.5 Å². The van der Waals surface area contributed by atoms with E-state index in [1.807, 2.05) is 12.1 Å². The summed E-state index contributed by atoms with van der Waals surface area (Å²) in [5.41, 5.74) is 4.33. The fourth-order valence-corrected chi connectivity index (χ4v) is 4.59. The molecule has 1 saturated heterocycles. The number of carboxylic acid groups (broad SMARTS) is 1. The molecule has 148 valence electrons. The highest BCUT2D eigenvalue weighted by atomic mass is 16.6. The minimum atomic E-state index is -0.886. The summed E-state index contributed by atoms with van der Waals surface area (Å²) in [6.07, 6.45) is 2.61. The van der Waals surface area contributed by atoms with Crippen molar-refractivity contribution in [3.63, 3.8) is 0 Å². The molecule has 2 atom stereocenters. The molecule has 2 aliphatic heterocycles. The van der Waals surface area contributed by atoms with E-state index in [4.69, 9.17) is 9.47 Å². The normalized spacial score (nSPS) is 25.3. The standard InChI is InChI=1S/C22H31NO4/c1-14(2)15(3)9-10-22(13-26-6)19-12-17-11-16(20(24)25)7-8-18(17)23(19)21(4,5)27-22/h7-8,11,19H,9-10,12-13H2,1-6H3,(H,24,25)/t19?,22-/m0/s1. The van der Waals surface area contributed by atoms with Gasteiger partial charge in [0.1, 0.15) is 11.3 Å². The van der Waals surface area contributed by atoms with Crippen molar-refractivity contribution in [2.24, 2.45) is 0 Å². The number of carbonyl (C=O) groups is 1. The first kappa shape index (κ1) is 19.9. The summed E-state index contributed by atoms with van der Waals surface area (Å²) in [4.78, 5) is 13.7. The Morgan fingerprint density at radius 3 is 2.63 bits per heavy atom. The van der Waals surface area contributed by atoms with Gasteiger partial charge in [-0.05, 0) is 77.6 Å². The lowest BCUT2D eigenvalue weighted by molar-refractivity contribution is -0.124. The molecule has 0 bridgehead atoms. The zero-order chi connectivity index (χ0) is 20.0. The van der Waals surface area contributed by atoms with Gasteiger partial charge in [-0.3, -0.25) is 0 Å². The van der Waals surface area contributed by atoms with Crippen LogP contribution in [-0.4, -0.2) is 42.2 Å². The van der Waals surface area contributed by atoms with E-state index in [0.717, 1.165) is 30.5 Å². The minimum absolute atomic E-state index is 0.136. The maximum atomic E-state index is 11.4. The summed E-state index contributed by atoms with van der Waals surface area (Å²) >= 11 is 0. The largest absolute Gasteiger partial charge is 0.478 e. The van der Waals surface area contributed by atoms with E-state index in [0.29, 0.717) is 12.2 Å². The number of nitrogens with zero attached hydrogens (tertiary/aromatic N) is 1. The van der Waals surface area contributed by atoms with E-state index in [1.165, 1.54) is 11.1 Å². The fourth-order valence-electron chi connectivity index (χ4n) is 4.59. The quantitative estimate of drug-likeness (QED) is 0.749. The Kier molecular flexibility index (Phi) is 5.12. The van der Waals surface area contributed by atoms with Gasteiger partial charge in [0.15, 0.2) is 0 Å². The topological polar surface area (TPSA) is 59.0 Å². The Bertz CT molecular complexity index is 779. The molecule has 2 aliphatic rings. The number of fused-ring (bicyclic) bond motifs is 3. The number of benzene rings is 1. The molecule has 0 saturated carbocycles. The van der Waals surface area contributed by atoms with Crippen LogP contribution in [0, 0.1) is 0 Å². The van der Waals surface area contributed by atoms with E-state index in [9.17, 15) is 9.90 Å². The maximum Gasteiger partial charge on any atom is 0.335 e. The zero-order valence-corrected chi connectivity index (χ0v) is 17.3. The van der Waals surface area contributed by atoms with E-state index in [1.54, 1.807) is 13.2 Å². The molecular weight excluding hydrogens is 342 g/mol. The predicted molar refractivity (Wildman–Crippen MR) is 106 cm³/mol. The van der Waals surface area contributed by atoms with Gasteiger partial charge >= 0.3 is 5.97 Å². The number of rotatable bonds is 6. The van der Waals surface area contributed by atoms with Crippen LogP contribution in [-0.2, 0) is 15.9 Å². The minimum Gasteiger partial charge on any atom is -0.478 e. The molecular formula is C22H31NO4. The first-order chi connectivity index (χ1) is 12.6. The molecule has 0 radical (unpaired) electrons. The molecule has 0 aliphatic carbocycles. The number of allylic oxidation sites excluding steroid dienone is 2. The summed E-state index contributed by atoms with van der Waals surface area (Å²) < 4.78 is 12.3. The van der Waals surface area contributed by atoms with Crippen LogP contribution in [0.5, 0.6) is 0 Å². The number of hydrogen-bond donors (Lipinski definition) is 1. The summed E-state index contributed by atoms with van der Waals surface area (Å²) in [6.45, 7) is 11.2. The lowest BCUT2D eigenvalue weighted by atomic mass is 9.86. The Morgan fingerprint density at radius 2 is 2.04 bits per heavy atom. The number of methoxy groups -OCH3 is 1. The van der Waals surface area contributed by atoms with Crippen LogP contribution in [0.15, 0.2) is 29.3 Å². The van der Waals surface area contributed by atoms with E-state index in [-0.39, 0.29) is 6.04 Å². The van der Waals surface area contributed by atoms with Gasteiger partial charge in [-0.15, -0.1) is 0 Å². The third-order valence-corrected chi connectivity index (χ3v) is 6.12. The van der Waals surface area contributed by atoms with Crippen LogP contribution in [0.4, 0.5) is 5.69 Å².